The van der Waals surface area contributed by atoms with Crippen LogP contribution in [0.1, 0.15) is 32.8 Å². The van der Waals surface area contributed by atoms with Crippen molar-refractivity contribution in [1.82, 2.24) is 5.32 Å². The molecule has 0 spiro atoms. The van der Waals surface area contributed by atoms with Crippen LogP contribution in [0, 0.1) is 0 Å². The molecule has 0 aliphatic rings. The van der Waals surface area contributed by atoms with Crippen LogP contribution in [0.5, 0.6) is 11.5 Å². The molecule has 1 unspecified atom stereocenters. The van der Waals surface area contributed by atoms with E-state index in [0.29, 0.717) is 13.2 Å². The van der Waals surface area contributed by atoms with E-state index < -0.39 is 0 Å². The Balaban J connectivity index is 2.89. The maximum Gasteiger partial charge on any atom is 0.175 e. The van der Waals surface area contributed by atoms with Crippen molar-refractivity contribution in [2.75, 3.05) is 26.9 Å². The minimum Gasteiger partial charge on any atom is -0.490 e. The fourth-order valence-electron chi connectivity index (χ4n) is 1.91. The lowest BCUT2D eigenvalue weighted by atomic mass is 10.2. The molecule has 0 aliphatic heterocycles. The number of hydrogen-bond donors (Lipinski definition) is 1. The third kappa shape index (κ3) is 6.24. The minimum atomic E-state index is 0.0695. The van der Waals surface area contributed by atoms with Crippen molar-refractivity contribution in [2.45, 2.75) is 39.8 Å². The quantitative estimate of drug-likeness (QED) is 0.690. The van der Waals surface area contributed by atoms with Crippen molar-refractivity contribution < 1.29 is 14.2 Å². The van der Waals surface area contributed by atoms with E-state index in [1.807, 2.05) is 19.9 Å². The largest absolute Gasteiger partial charge is 0.490 e. The van der Waals surface area contributed by atoms with Gasteiger partial charge in [0.1, 0.15) is 0 Å². The molecular weight excluding hydrogens is 334 g/mol. The molecule has 4 nitrogen and oxygen atoms in total. The first-order valence-corrected chi connectivity index (χ1v) is 8.23. The van der Waals surface area contributed by atoms with Crippen molar-refractivity contribution in [2.24, 2.45) is 0 Å². The van der Waals surface area contributed by atoms with Crippen LogP contribution in [-0.4, -0.2) is 33.0 Å². The monoisotopic (exact) mass is 359 g/mol. The molecule has 0 saturated carbocycles. The maximum absolute atomic E-state index is 6.02. The van der Waals surface area contributed by atoms with E-state index in [9.17, 15) is 0 Å². The first kappa shape index (κ1) is 18.3. The summed E-state index contributed by atoms with van der Waals surface area (Å²) >= 11 is 3.59. The van der Waals surface area contributed by atoms with Gasteiger partial charge in [-0.25, -0.2) is 0 Å². The number of nitrogens with one attached hydrogen (secondary N) is 1. The van der Waals surface area contributed by atoms with Crippen LogP contribution in [0.3, 0.4) is 0 Å². The number of halogens is 1. The van der Waals surface area contributed by atoms with Crippen LogP contribution >= 0.6 is 15.9 Å². The molecule has 1 atom stereocenters. The first-order valence-electron chi connectivity index (χ1n) is 7.43. The molecule has 0 radical (unpaired) electrons. The van der Waals surface area contributed by atoms with E-state index in [1.54, 1.807) is 7.11 Å². The van der Waals surface area contributed by atoms with Gasteiger partial charge in [0.15, 0.2) is 11.5 Å². The van der Waals surface area contributed by atoms with E-state index in [0.717, 1.165) is 35.5 Å². The minimum absolute atomic E-state index is 0.0695. The zero-order chi connectivity index (χ0) is 15.7. The lowest BCUT2D eigenvalue weighted by Crippen LogP contribution is -2.16. The van der Waals surface area contributed by atoms with Crippen LogP contribution in [0.15, 0.2) is 16.6 Å². The summed E-state index contributed by atoms with van der Waals surface area (Å²) < 4.78 is 17.8. The fourth-order valence-corrected chi connectivity index (χ4v) is 2.50. The SMILES string of the molecule is CCNCc1cc(Br)c(OC(C)CCOC)c(OCC)c1. The Morgan fingerprint density at radius 3 is 2.67 bits per heavy atom. The zero-order valence-electron chi connectivity index (χ0n) is 13.4. The van der Waals surface area contributed by atoms with Gasteiger partial charge in [0.05, 0.1) is 17.2 Å². The Hall–Kier alpha value is -0.780. The molecule has 1 rings (SSSR count). The van der Waals surface area contributed by atoms with Gasteiger partial charge in [0, 0.05) is 26.7 Å². The highest BCUT2D eigenvalue weighted by molar-refractivity contribution is 9.10. The van der Waals surface area contributed by atoms with Crippen LogP contribution in [0.25, 0.3) is 0 Å². The van der Waals surface area contributed by atoms with Crippen LogP contribution in [0.2, 0.25) is 0 Å². The Labute approximate surface area is 136 Å². The molecule has 120 valence electrons. The van der Waals surface area contributed by atoms with Gasteiger partial charge >= 0.3 is 0 Å². The Bertz CT molecular complexity index is 426. The van der Waals surface area contributed by atoms with Gasteiger partial charge < -0.3 is 19.5 Å². The zero-order valence-corrected chi connectivity index (χ0v) is 15.0. The first-order chi connectivity index (χ1) is 10.1. The van der Waals surface area contributed by atoms with E-state index >= 15 is 0 Å². The molecule has 1 N–H and O–H groups in total. The van der Waals surface area contributed by atoms with Crippen LogP contribution in [-0.2, 0) is 11.3 Å². The predicted molar refractivity (Wildman–Crippen MR) is 89.3 cm³/mol. The molecular formula is C16H26BrNO3. The molecule has 0 bridgehead atoms. The van der Waals surface area contributed by atoms with Gasteiger partial charge in [0.25, 0.3) is 0 Å². The summed E-state index contributed by atoms with van der Waals surface area (Å²) in [6.07, 6.45) is 0.910. The molecule has 5 heteroatoms. The summed E-state index contributed by atoms with van der Waals surface area (Å²) in [6, 6.07) is 4.11. The summed E-state index contributed by atoms with van der Waals surface area (Å²) in [6.45, 7) is 9.15. The summed E-state index contributed by atoms with van der Waals surface area (Å²) in [7, 11) is 1.70. The topological polar surface area (TPSA) is 39.7 Å². The molecule has 0 aromatic heterocycles. The number of rotatable bonds is 10. The molecule has 21 heavy (non-hydrogen) atoms. The van der Waals surface area contributed by atoms with Crippen molar-refractivity contribution in [3.8, 4) is 11.5 Å². The molecule has 0 fully saturated rings. The van der Waals surface area contributed by atoms with Crippen molar-refractivity contribution in [1.29, 1.82) is 0 Å². The number of ether oxygens (including phenoxy) is 3. The van der Waals surface area contributed by atoms with E-state index in [4.69, 9.17) is 14.2 Å². The number of hydrogen-bond acceptors (Lipinski definition) is 4. The molecule has 0 saturated heterocycles. The van der Waals surface area contributed by atoms with E-state index in [-0.39, 0.29) is 6.10 Å². The van der Waals surface area contributed by atoms with E-state index in [1.165, 1.54) is 5.56 Å². The molecule has 0 amide bonds. The second-order valence-corrected chi connectivity index (χ2v) is 5.68. The standard InChI is InChI=1S/C16H26BrNO3/c1-5-18-11-13-9-14(17)16(15(10-13)20-6-2)21-12(3)7-8-19-4/h9-10,12,18H,5-8,11H2,1-4H3. The second kappa shape index (κ2) is 10.0. The summed E-state index contributed by atoms with van der Waals surface area (Å²) in [5.41, 5.74) is 1.17. The number of methoxy groups -OCH3 is 1. The fraction of sp³-hybridized carbons (Fsp3) is 0.625. The predicted octanol–water partition coefficient (Wildman–Crippen LogP) is 3.76. The smallest absolute Gasteiger partial charge is 0.175 e. The van der Waals surface area contributed by atoms with Gasteiger partial charge in [-0.3, -0.25) is 0 Å². The van der Waals surface area contributed by atoms with E-state index in [2.05, 4.69) is 34.2 Å². The van der Waals surface area contributed by atoms with Gasteiger partial charge in [-0.05, 0) is 54.0 Å². The average Bonchev–Trinajstić information content (AvgIpc) is 2.46. The Morgan fingerprint density at radius 2 is 2.05 bits per heavy atom. The van der Waals surface area contributed by atoms with Gasteiger partial charge in [-0.2, -0.15) is 0 Å². The van der Waals surface area contributed by atoms with Gasteiger partial charge in [-0.1, -0.05) is 6.92 Å². The molecule has 0 aliphatic carbocycles. The lowest BCUT2D eigenvalue weighted by molar-refractivity contribution is 0.131. The molecule has 0 heterocycles. The Morgan fingerprint density at radius 1 is 1.29 bits per heavy atom. The normalized spacial score (nSPS) is 12.2. The summed E-state index contributed by atoms with van der Waals surface area (Å²) in [4.78, 5) is 0. The van der Waals surface area contributed by atoms with Crippen LogP contribution in [0.4, 0.5) is 0 Å². The van der Waals surface area contributed by atoms with Gasteiger partial charge in [-0.15, -0.1) is 0 Å². The van der Waals surface area contributed by atoms with Crippen molar-refractivity contribution in [3.63, 3.8) is 0 Å². The lowest BCUT2D eigenvalue weighted by Gasteiger charge is -2.19. The molecule has 1 aromatic carbocycles. The highest BCUT2D eigenvalue weighted by atomic mass is 79.9. The van der Waals surface area contributed by atoms with Gasteiger partial charge in [0.2, 0.25) is 0 Å². The summed E-state index contributed by atoms with van der Waals surface area (Å²) in [5.74, 6) is 1.55. The highest BCUT2D eigenvalue weighted by Gasteiger charge is 2.15. The molecule has 1 aromatic rings. The van der Waals surface area contributed by atoms with Crippen molar-refractivity contribution in [3.05, 3.63) is 22.2 Å². The summed E-state index contributed by atoms with van der Waals surface area (Å²) in [5, 5.41) is 3.32. The van der Waals surface area contributed by atoms with Crippen LogP contribution < -0.4 is 14.8 Å². The highest BCUT2D eigenvalue weighted by Crippen LogP contribution is 2.37. The number of benzene rings is 1. The average molecular weight is 360 g/mol. The second-order valence-electron chi connectivity index (χ2n) is 4.83. The third-order valence-electron chi connectivity index (χ3n) is 3.00. The third-order valence-corrected chi connectivity index (χ3v) is 3.58. The van der Waals surface area contributed by atoms with Crippen molar-refractivity contribution >= 4 is 15.9 Å². The Kier molecular flexibility index (Phi) is 8.73. The maximum atomic E-state index is 6.02.